The molecular formula is C20H19ClN4O5. The van der Waals surface area contributed by atoms with E-state index in [0.29, 0.717) is 48.2 Å². The normalized spacial score (nSPS) is 10.7. The van der Waals surface area contributed by atoms with Gasteiger partial charge in [-0.05, 0) is 12.1 Å². The summed E-state index contributed by atoms with van der Waals surface area (Å²) in [5.41, 5.74) is 0.815. The SMILES string of the molecule is COCCN(CCc1nc(-c2cccc([N+](=O)[O-])c2)no1)C(=O)c1ccccc1Cl. The molecule has 2 aromatic carbocycles. The molecule has 0 spiro atoms. The zero-order valence-electron chi connectivity index (χ0n) is 16.2. The van der Waals surface area contributed by atoms with E-state index in [2.05, 4.69) is 10.1 Å². The second kappa shape index (κ2) is 9.95. The Morgan fingerprint density at radius 1 is 1.23 bits per heavy atom. The van der Waals surface area contributed by atoms with Crippen molar-refractivity contribution in [2.24, 2.45) is 0 Å². The van der Waals surface area contributed by atoms with Crippen molar-refractivity contribution < 1.29 is 19.0 Å². The zero-order valence-corrected chi connectivity index (χ0v) is 16.9. The van der Waals surface area contributed by atoms with Crippen LogP contribution in [0.15, 0.2) is 53.1 Å². The van der Waals surface area contributed by atoms with Crippen molar-refractivity contribution in [1.29, 1.82) is 0 Å². The molecule has 3 rings (SSSR count). The molecule has 0 bridgehead atoms. The van der Waals surface area contributed by atoms with E-state index in [1.165, 1.54) is 12.1 Å². The molecule has 0 saturated carbocycles. The maximum atomic E-state index is 12.9. The molecule has 0 aliphatic rings. The van der Waals surface area contributed by atoms with Crippen LogP contribution in [0.25, 0.3) is 11.4 Å². The lowest BCUT2D eigenvalue weighted by Gasteiger charge is -2.22. The Morgan fingerprint density at radius 3 is 2.77 bits per heavy atom. The molecule has 0 N–H and O–H groups in total. The number of ether oxygens (including phenoxy) is 1. The highest BCUT2D eigenvalue weighted by atomic mass is 35.5. The fraction of sp³-hybridized carbons (Fsp3) is 0.250. The molecule has 0 fully saturated rings. The van der Waals surface area contributed by atoms with E-state index in [4.69, 9.17) is 20.9 Å². The average Bonchev–Trinajstić information content (AvgIpc) is 3.23. The molecule has 156 valence electrons. The van der Waals surface area contributed by atoms with Gasteiger partial charge in [0.25, 0.3) is 11.6 Å². The molecule has 0 atom stereocenters. The summed E-state index contributed by atoms with van der Waals surface area (Å²) in [5.74, 6) is 0.330. The largest absolute Gasteiger partial charge is 0.383 e. The fourth-order valence-electron chi connectivity index (χ4n) is 2.78. The Bertz CT molecular complexity index is 1040. The second-order valence-corrected chi connectivity index (χ2v) is 6.74. The third-order valence-electron chi connectivity index (χ3n) is 4.34. The van der Waals surface area contributed by atoms with Gasteiger partial charge in [0.1, 0.15) is 0 Å². The lowest BCUT2D eigenvalue weighted by Crippen LogP contribution is -2.35. The zero-order chi connectivity index (χ0) is 21.5. The number of amides is 1. The number of nitrogens with zero attached hydrogens (tertiary/aromatic N) is 4. The van der Waals surface area contributed by atoms with E-state index in [9.17, 15) is 14.9 Å². The van der Waals surface area contributed by atoms with Crippen LogP contribution in [0.5, 0.6) is 0 Å². The number of halogens is 1. The number of carbonyl (C=O) groups is 1. The fourth-order valence-corrected chi connectivity index (χ4v) is 3.00. The number of benzene rings is 2. The van der Waals surface area contributed by atoms with Crippen LogP contribution in [0.4, 0.5) is 5.69 Å². The van der Waals surface area contributed by atoms with E-state index in [1.54, 1.807) is 48.4 Å². The van der Waals surface area contributed by atoms with Gasteiger partial charge >= 0.3 is 0 Å². The predicted molar refractivity (Wildman–Crippen MR) is 109 cm³/mol. The van der Waals surface area contributed by atoms with Crippen molar-refractivity contribution in [1.82, 2.24) is 15.0 Å². The van der Waals surface area contributed by atoms with E-state index in [-0.39, 0.29) is 17.4 Å². The Hall–Kier alpha value is -3.30. The molecule has 0 aliphatic heterocycles. The van der Waals surface area contributed by atoms with Gasteiger partial charge in [-0.15, -0.1) is 0 Å². The molecule has 1 aromatic heterocycles. The summed E-state index contributed by atoms with van der Waals surface area (Å²) in [6, 6.07) is 12.8. The lowest BCUT2D eigenvalue weighted by molar-refractivity contribution is -0.384. The number of nitro groups is 1. The molecule has 3 aromatic rings. The molecule has 10 heteroatoms. The molecule has 9 nitrogen and oxygen atoms in total. The minimum atomic E-state index is -0.488. The number of methoxy groups -OCH3 is 1. The van der Waals surface area contributed by atoms with Crippen LogP contribution in [-0.2, 0) is 11.2 Å². The van der Waals surface area contributed by atoms with E-state index in [1.807, 2.05) is 0 Å². The summed E-state index contributed by atoms with van der Waals surface area (Å²) in [4.78, 5) is 29.2. The summed E-state index contributed by atoms with van der Waals surface area (Å²) in [6.07, 6.45) is 0.307. The van der Waals surface area contributed by atoms with Gasteiger partial charge in [0.15, 0.2) is 0 Å². The number of hydrogen-bond donors (Lipinski definition) is 0. The smallest absolute Gasteiger partial charge is 0.270 e. The molecule has 1 amide bonds. The van der Waals surface area contributed by atoms with Crippen LogP contribution in [-0.4, -0.2) is 52.7 Å². The van der Waals surface area contributed by atoms with Gasteiger partial charge in [0, 0.05) is 44.3 Å². The maximum Gasteiger partial charge on any atom is 0.270 e. The number of aromatic nitrogens is 2. The summed E-state index contributed by atoms with van der Waals surface area (Å²) in [6.45, 7) is 1.04. The average molecular weight is 431 g/mol. The quantitative estimate of drug-likeness (QED) is 0.376. The molecule has 0 unspecified atom stereocenters. The van der Waals surface area contributed by atoms with Gasteiger partial charge in [-0.1, -0.05) is 41.0 Å². The van der Waals surface area contributed by atoms with Crippen LogP contribution < -0.4 is 0 Å². The van der Waals surface area contributed by atoms with Crippen molar-refractivity contribution in [3.8, 4) is 11.4 Å². The third kappa shape index (κ3) is 5.19. The predicted octanol–water partition coefficient (Wildman–Crippen LogP) is 3.63. The van der Waals surface area contributed by atoms with Gasteiger partial charge < -0.3 is 14.2 Å². The third-order valence-corrected chi connectivity index (χ3v) is 4.67. The monoisotopic (exact) mass is 430 g/mol. The summed E-state index contributed by atoms with van der Waals surface area (Å²) >= 11 is 6.15. The molecule has 0 aliphatic carbocycles. The number of carbonyl (C=O) groups excluding carboxylic acids is 1. The van der Waals surface area contributed by atoms with Gasteiger partial charge in [-0.25, -0.2) is 0 Å². The van der Waals surface area contributed by atoms with Crippen molar-refractivity contribution >= 4 is 23.2 Å². The molecule has 1 heterocycles. The number of hydrogen-bond acceptors (Lipinski definition) is 7. The van der Waals surface area contributed by atoms with E-state index < -0.39 is 4.92 Å². The highest BCUT2D eigenvalue weighted by Gasteiger charge is 2.19. The number of non-ortho nitro benzene ring substituents is 1. The summed E-state index contributed by atoms with van der Waals surface area (Å²) in [7, 11) is 1.56. The van der Waals surface area contributed by atoms with Crippen LogP contribution in [0.1, 0.15) is 16.2 Å². The molecular weight excluding hydrogens is 412 g/mol. The first-order valence-corrected chi connectivity index (χ1v) is 9.47. The second-order valence-electron chi connectivity index (χ2n) is 6.33. The number of nitro benzene ring substituents is 1. The van der Waals surface area contributed by atoms with Gasteiger partial charge in [-0.2, -0.15) is 4.98 Å². The highest BCUT2D eigenvalue weighted by molar-refractivity contribution is 6.33. The number of rotatable bonds is 9. The Morgan fingerprint density at radius 2 is 2.03 bits per heavy atom. The molecule has 0 radical (unpaired) electrons. The van der Waals surface area contributed by atoms with Gasteiger partial charge in [0.05, 0.1) is 22.1 Å². The first-order chi connectivity index (χ1) is 14.5. The topological polar surface area (TPSA) is 112 Å². The summed E-state index contributed by atoms with van der Waals surface area (Å²) in [5, 5.41) is 15.2. The maximum absolute atomic E-state index is 12.9. The Kier molecular flexibility index (Phi) is 7.10. The van der Waals surface area contributed by atoms with Gasteiger partial charge in [0.2, 0.25) is 11.7 Å². The minimum Gasteiger partial charge on any atom is -0.383 e. The van der Waals surface area contributed by atoms with Gasteiger partial charge in [-0.3, -0.25) is 14.9 Å². The Labute approximate surface area is 177 Å². The lowest BCUT2D eigenvalue weighted by atomic mass is 10.2. The first-order valence-electron chi connectivity index (χ1n) is 9.09. The minimum absolute atomic E-state index is 0.0603. The van der Waals surface area contributed by atoms with Crippen LogP contribution in [0.3, 0.4) is 0 Å². The van der Waals surface area contributed by atoms with Crippen LogP contribution in [0, 0.1) is 10.1 Å². The molecule has 0 saturated heterocycles. The van der Waals surface area contributed by atoms with Crippen LogP contribution >= 0.6 is 11.6 Å². The van der Waals surface area contributed by atoms with Crippen LogP contribution in [0.2, 0.25) is 5.02 Å². The summed E-state index contributed by atoms with van der Waals surface area (Å²) < 4.78 is 10.4. The van der Waals surface area contributed by atoms with Crippen molar-refractivity contribution in [3.63, 3.8) is 0 Å². The molecule has 30 heavy (non-hydrogen) atoms. The van der Waals surface area contributed by atoms with E-state index >= 15 is 0 Å². The standard InChI is InChI=1S/C20H19ClN4O5/c1-29-12-11-24(20(26)16-7-2-3-8-17(16)21)10-9-18-22-19(23-30-18)14-5-4-6-15(13-14)25(27)28/h2-8,13H,9-12H2,1H3. The van der Waals surface area contributed by atoms with Crippen molar-refractivity contribution in [3.05, 3.63) is 75.1 Å². The first kappa shape index (κ1) is 21.4. The Balaban J connectivity index is 1.72. The van der Waals surface area contributed by atoms with Crippen molar-refractivity contribution in [2.75, 3.05) is 26.8 Å². The van der Waals surface area contributed by atoms with Crippen molar-refractivity contribution in [2.45, 2.75) is 6.42 Å². The van der Waals surface area contributed by atoms with E-state index in [0.717, 1.165) is 0 Å². The highest BCUT2D eigenvalue weighted by Crippen LogP contribution is 2.22.